The van der Waals surface area contributed by atoms with Crippen molar-refractivity contribution in [2.24, 2.45) is 7.05 Å². The maximum Gasteiger partial charge on any atom is 0.329 e. The third-order valence-corrected chi connectivity index (χ3v) is 4.02. The Bertz CT molecular complexity index is 763. The topological polar surface area (TPSA) is 80.2 Å². The smallest absolute Gasteiger partial charge is 0.329 e. The summed E-state index contributed by atoms with van der Waals surface area (Å²) in [5, 5.41) is 0. The lowest BCUT2D eigenvalue weighted by Gasteiger charge is -2.33. The van der Waals surface area contributed by atoms with E-state index in [0.29, 0.717) is 18.2 Å². The SMILES string of the molecule is Cc1ccc(OC2CCCN(c3cc(=O)n(C)c(=O)[nH]3)C2)nc1. The van der Waals surface area contributed by atoms with Gasteiger partial charge in [-0.2, -0.15) is 0 Å². The molecule has 7 heteroatoms. The van der Waals surface area contributed by atoms with Crippen molar-refractivity contribution >= 4 is 5.82 Å². The van der Waals surface area contributed by atoms with Crippen LogP contribution in [0.3, 0.4) is 0 Å². The molecule has 1 atom stereocenters. The first kappa shape index (κ1) is 15.3. The first-order valence-corrected chi connectivity index (χ1v) is 7.67. The summed E-state index contributed by atoms with van der Waals surface area (Å²) >= 11 is 0. The van der Waals surface area contributed by atoms with Crippen LogP contribution in [0.5, 0.6) is 5.88 Å². The number of anilines is 1. The van der Waals surface area contributed by atoms with Gasteiger partial charge in [0.15, 0.2) is 0 Å². The van der Waals surface area contributed by atoms with E-state index in [4.69, 9.17) is 4.74 Å². The molecule has 0 bridgehead atoms. The minimum atomic E-state index is -0.407. The zero-order valence-corrected chi connectivity index (χ0v) is 13.3. The zero-order valence-electron chi connectivity index (χ0n) is 13.3. The van der Waals surface area contributed by atoms with Crippen molar-refractivity contribution in [1.29, 1.82) is 0 Å². The number of H-pyrrole nitrogens is 1. The Hall–Kier alpha value is -2.57. The Morgan fingerprint density at radius 3 is 2.87 bits per heavy atom. The normalized spacial score (nSPS) is 18.0. The average molecular weight is 316 g/mol. The molecular formula is C16H20N4O3. The summed E-state index contributed by atoms with van der Waals surface area (Å²) in [6.45, 7) is 3.37. The molecule has 0 spiro atoms. The second-order valence-electron chi connectivity index (χ2n) is 5.86. The van der Waals surface area contributed by atoms with Crippen molar-refractivity contribution in [2.45, 2.75) is 25.9 Å². The van der Waals surface area contributed by atoms with E-state index in [0.717, 1.165) is 29.5 Å². The fourth-order valence-electron chi connectivity index (χ4n) is 2.66. The summed E-state index contributed by atoms with van der Waals surface area (Å²) in [4.78, 5) is 32.5. The number of nitrogens with zero attached hydrogens (tertiary/aromatic N) is 3. The van der Waals surface area contributed by atoms with Gasteiger partial charge in [-0.15, -0.1) is 0 Å². The number of rotatable bonds is 3. The molecule has 0 aliphatic carbocycles. The highest BCUT2D eigenvalue weighted by atomic mass is 16.5. The number of hydrogen-bond acceptors (Lipinski definition) is 5. The molecule has 0 aromatic carbocycles. The van der Waals surface area contributed by atoms with Crippen LogP contribution in [0.2, 0.25) is 0 Å². The number of aryl methyl sites for hydroxylation is 1. The third-order valence-electron chi connectivity index (χ3n) is 4.02. The van der Waals surface area contributed by atoms with Crippen LogP contribution in [0.4, 0.5) is 5.82 Å². The number of piperidine rings is 1. The minimum absolute atomic E-state index is 0.0217. The third kappa shape index (κ3) is 3.44. The summed E-state index contributed by atoms with van der Waals surface area (Å²) in [5.41, 5.74) is 0.364. The molecule has 23 heavy (non-hydrogen) atoms. The number of ether oxygens (including phenoxy) is 1. The molecule has 2 aromatic heterocycles. The van der Waals surface area contributed by atoms with Crippen molar-refractivity contribution in [3.63, 3.8) is 0 Å². The number of nitrogens with one attached hydrogen (secondary N) is 1. The molecule has 1 aliphatic rings. The van der Waals surface area contributed by atoms with Gasteiger partial charge in [0.25, 0.3) is 5.56 Å². The summed E-state index contributed by atoms with van der Waals surface area (Å²) in [7, 11) is 1.45. The Kier molecular flexibility index (Phi) is 4.18. The van der Waals surface area contributed by atoms with Crippen molar-refractivity contribution in [2.75, 3.05) is 18.0 Å². The molecule has 0 saturated carbocycles. The van der Waals surface area contributed by atoms with E-state index in [1.165, 1.54) is 13.1 Å². The van der Waals surface area contributed by atoms with Crippen LogP contribution in [-0.4, -0.2) is 33.7 Å². The first-order valence-electron chi connectivity index (χ1n) is 7.67. The highest BCUT2D eigenvalue weighted by Gasteiger charge is 2.23. The number of hydrogen-bond donors (Lipinski definition) is 1. The molecule has 1 saturated heterocycles. The first-order chi connectivity index (χ1) is 11.0. The predicted molar refractivity (Wildman–Crippen MR) is 87.1 cm³/mol. The standard InChI is InChI=1S/C16H20N4O3/c1-11-5-6-14(17-9-11)23-12-4-3-7-20(10-12)13-8-15(21)19(2)16(22)18-13/h5-6,8-9,12H,3-4,7,10H2,1-2H3,(H,18,22). The van der Waals surface area contributed by atoms with Gasteiger partial charge in [-0.25, -0.2) is 9.78 Å². The second-order valence-corrected chi connectivity index (χ2v) is 5.86. The fourth-order valence-corrected chi connectivity index (χ4v) is 2.66. The molecule has 7 nitrogen and oxygen atoms in total. The average Bonchev–Trinajstić information content (AvgIpc) is 2.54. The lowest BCUT2D eigenvalue weighted by molar-refractivity contribution is 0.172. The molecule has 1 N–H and O–H groups in total. The minimum Gasteiger partial charge on any atom is -0.472 e. The summed E-state index contributed by atoms with van der Waals surface area (Å²) in [5.74, 6) is 1.14. The molecule has 1 unspecified atom stereocenters. The largest absolute Gasteiger partial charge is 0.472 e. The van der Waals surface area contributed by atoms with E-state index in [9.17, 15) is 9.59 Å². The summed E-state index contributed by atoms with van der Waals surface area (Å²) in [6, 6.07) is 5.27. The van der Waals surface area contributed by atoms with Crippen molar-refractivity contribution in [3.05, 3.63) is 50.8 Å². The summed E-state index contributed by atoms with van der Waals surface area (Å²) < 4.78 is 6.97. The second kappa shape index (κ2) is 6.28. The highest BCUT2D eigenvalue weighted by molar-refractivity contribution is 5.37. The van der Waals surface area contributed by atoms with E-state index in [1.54, 1.807) is 6.20 Å². The van der Waals surface area contributed by atoms with Crippen LogP contribution in [0.1, 0.15) is 18.4 Å². The molecule has 2 aromatic rings. The molecular weight excluding hydrogens is 296 g/mol. The molecule has 0 amide bonds. The Labute approximate surface area is 133 Å². The van der Waals surface area contributed by atoms with E-state index in [1.807, 2.05) is 24.0 Å². The van der Waals surface area contributed by atoms with Crippen LogP contribution in [0, 0.1) is 6.92 Å². The van der Waals surface area contributed by atoms with Gasteiger partial charge >= 0.3 is 5.69 Å². The van der Waals surface area contributed by atoms with Gasteiger partial charge in [0, 0.05) is 31.9 Å². The molecule has 1 aliphatic heterocycles. The number of aromatic nitrogens is 3. The van der Waals surface area contributed by atoms with Gasteiger partial charge in [0.05, 0.1) is 6.54 Å². The van der Waals surface area contributed by atoms with Crippen LogP contribution >= 0.6 is 0 Å². The van der Waals surface area contributed by atoms with Gasteiger partial charge in [-0.3, -0.25) is 14.3 Å². The molecule has 122 valence electrons. The maximum atomic E-state index is 11.8. The van der Waals surface area contributed by atoms with E-state index in [2.05, 4.69) is 9.97 Å². The molecule has 1 fully saturated rings. The summed E-state index contributed by atoms with van der Waals surface area (Å²) in [6.07, 6.45) is 3.59. The van der Waals surface area contributed by atoms with Gasteiger partial charge in [-0.05, 0) is 25.3 Å². The monoisotopic (exact) mass is 316 g/mol. The van der Waals surface area contributed by atoms with Crippen LogP contribution in [0.25, 0.3) is 0 Å². The van der Waals surface area contributed by atoms with Gasteiger partial charge in [0.1, 0.15) is 11.9 Å². The Balaban J connectivity index is 1.74. The lowest BCUT2D eigenvalue weighted by atomic mass is 10.1. The van der Waals surface area contributed by atoms with E-state index >= 15 is 0 Å². The number of pyridine rings is 1. The van der Waals surface area contributed by atoms with Crippen molar-refractivity contribution < 1.29 is 4.74 Å². The van der Waals surface area contributed by atoms with Gasteiger partial charge in [0.2, 0.25) is 5.88 Å². The van der Waals surface area contributed by atoms with Gasteiger partial charge in [-0.1, -0.05) is 6.07 Å². The van der Waals surface area contributed by atoms with Crippen molar-refractivity contribution in [1.82, 2.24) is 14.5 Å². The number of aromatic amines is 1. The van der Waals surface area contributed by atoms with Crippen LogP contribution in [-0.2, 0) is 7.05 Å². The maximum absolute atomic E-state index is 11.8. The van der Waals surface area contributed by atoms with E-state index in [-0.39, 0.29) is 11.7 Å². The molecule has 3 heterocycles. The zero-order chi connectivity index (χ0) is 16.4. The quantitative estimate of drug-likeness (QED) is 0.907. The van der Waals surface area contributed by atoms with Gasteiger partial charge < -0.3 is 9.64 Å². The Morgan fingerprint density at radius 1 is 1.35 bits per heavy atom. The molecule has 3 rings (SSSR count). The van der Waals surface area contributed by atoms with Crippen LogP contribution < -0.4 is 20.9 Å². The fraction of sp³-hybridized carbons (Fsp3) is 0.438. The molecule has 0 radical (unpaired) electrons. The predicted octanol–water partition coefficient (Wildman–Crippen LogP) is 0.825. The van der Waals surface area contributed by atoms with Crippen molar-refractivity contribution in [3.8, 4) is 5.88 Å². The lowest BCUT2D eigenvalue weighted by Crippen LogP contribution is -2.44. The highest BCUT2D eigenvalue weighted by Crippen LogP contribution is 2.19. The van der Waals surface area contributed by atoms with Crippen LogP contribution in [0.15, 0.2) is 34.0 Å². The Morgan fingerprint density at radius 2 is 2.17 bits per heavy atom. The van der Waals surface area contributed by atoms with E-state index < -0.39 is 5.69 Å².